The number of aromatic hydroxyl groups is 1. The molecule has 2 saturated heterocycles. The van der Waals surface area contributed by atoms with Crippen molar-refractivity contribution in [2.45, 2.75) is 13.0 Å². The van der Waals surface area contributed by atoms with Crippen molar-refractivity contribution in [3.63, 3.8) is 0 Å². The van der Waals surface area contributed by atoms with Crippen molar-refractivity contribution in [2.75, 3.05) is 19.6 Å². The molecule has 2 amide bonds. The Labute approximate surface area is 161 Å². The van der Waals surface area contributed by atoms with Gasteiger partial charge < -0.3 is 14.9 Å². The van der Waals surface area contributed by atoms with Crippen molar-refractivity contribution in [1.29, 1.82) is 0 Å². The number of fused-ring (bicyclic) bond motifs is 1. The zero-order valence-corrected chi connectivity index (χ0v) is 15.3. The fraction of sp³-hybridized carbons (Fsp3) is 0.333. The molecule has 2 aliphatic heterocycles. The van der Waals surface area contributed by atoms with Gasteiger partial charge in [0.25, 0.3) is 5.91 Å². The Kier molecular flexibility index (Phi) is 4.53. The van der Waals surface area contributed by atoms with Gasteiger partial charge in [-0.05, 0) is 35.9 Å². The Balaban J connectivity index is 1.62. The van der Waals surface area contributed by atoms with E-state index < -0.39 is 11.7 Å². The van der Waals surface area contributed by atoms with Crippen LogP contribution >= 0.6 is 0 Å². The maximum Gasteiger partial charge on any atom is 0.256 e. The van der Waals surface area contributed by atoms with Gasteiger partial charge in [0.05, 0.1) is 11.6 Å². The maximum absolute atomic E-state index is 14.1. The molecule has 3 atom stereocenters. The number of phenols is 1. The third-order valence-corrected chi connectivity index (χ3v) is 5.73. The molecule has 0 aliphatic carbocycles. The van der Waals surface area contributed by atoms with Crippen molar-refractivity contribution < 1.29 is 23.5 Å². The molecule has 0 radical (unpaired) electrons. The van der Waals surface area contributed by atoms with Crippen LogP contribution in [0.15, 0.2) is 42.5 Å². The summed E-state index contributed by atoms with van der Waals surface area (Å²) >= 11 is 0. The minimum Gasteiger partial charge on any atom is -0.508 e. The predicted octanol–water partition coefficient (Wildman–Crippen LogP) is 2.96. The molecule has 2 heterocycles. The van der Waals surface area contributed by atoms with Crippen LogP contribution in [0.5, 0.6) is 5.75 Å². The lowest BCUT2D eigenvalue weighted by molar-refractivity contribution is -0.130. The van der Waals surface area contributed by atoms with Crippen molar-refractivity contribution in [3.05, 3.63) is 65.2 Å². The normalized spacial score (nSPS) is 23.8. The van der Waals surface area contributed by atoms with Gasteiger partial charge in [0.15, 0.2) is 0 Å². The highest BCUT2D eigenvalue weighted by molar-refractivity contribution is 5.95. The van der Waals surface area contributed by atoms with Crippen LogP contribution in [0, 0.1) is 23.5 Å². The molecule has 28 heavy (non-hydrogen) atoms. The van der Waals surface area contributed by atoms with E-state index in [9.17, 15) is 23.5 Å². The molecule has 2 fully saturated rings. The summed E-state index contributed by atoms with van der Waals surface area (Å²) in [5, 5.41) is 9.59. The predicted molar refractivity (Wildman–Crippen MR) is 97.5 cm³/mol. The highest BCUT2D eigenvalue weighted by atomic mass is 19.1. The number of likely N-dealkylation sites (tertiary alicyclic amines) is 2. The minimum atomic E-state index is -0.688. The highest BCUT2D eigenvalue weighted by Crippen LogP contribution is 2.45. The first kappa shape index (κ1) is 18.4. The molecule has 2 aliphatic rings. The van der Waals surface area contributed by atoms with Crippen molar-refractivity contribution in [2.24, 2.45) is 11.8 Å². The first-order valence-corrected chi connectivity index (χ1v) is 9.15. The van der Waals surface area contributed by atoms with Crippen LogP contribution in [-0.4, -0.2) is 46.4 Å². The van der Waals surface area contributed by atoms with Gasteiger partial charge >= 0.3 is 0 Å². The van der Waals surface area contributed by atoms with Crippen LogP contribution < -0.4 is 0 Å². The molecule has 0 spiro atoms. The summed E-state index contributed by atoms with van der Waals surface area (Å²) in [5.74, 6) is -1.86. The van der Waals surface area contributed by atoms with E-state index in [-0.39, 0.29) is 40.9 Å². The molecule has 1 N–H and O–H groups in total. The second-order valence-electron chi connectivity index (χ2n) is 7.47. The van der Waals surface area contributed by atoms with E-state index >= 15 is 0 Å². The molecular weight excluding hydrogens is 366 g/mol. The van der Waals surface area contributed by atoms with Gasteiger partial charge in [0, 0.05) is 38.4 Å². The number of hydrogen-bond acceptors (Lipinski definition) is 3. The van der Waals surface area contributed by atoms with Gasteiger partial charge in [-0.2, -0.15) is 0 Å². The smallest absolute Gasteiger partial charge is 0.256 e. The summed E-state index contributed by atoms with van der Waals surface area (Å²) in [7, 11) is 0. The summed E-state index contributed by atoms with van der Waals surface area (Å²) < 4.78 is 27.8. The molecule has 0 saturated carbocycles. The molecule has 4 rings (SSSR count). The minimum absolute atomic E-state index is 0.0292. The van der Waals surface area contributed by atoms with Gasteiger partial charge in [-0.1, -0.05) is 12.1 Å². The average molecular weight is 386 g/mol. The molecule has 146 valence electrons. The maximum atomic E-state index is 14.1. The highest BCUT2D eigenvalue weighted by Gasteiger charge is 2.49. The van der Waals surface area contributed by atoms with Gasteiger partial charge in [0.1, 0.15) is 17.4 Å². The van der Waals surface area contributed by atoms with Gasteiger partial charge in [-0.15, -0.1) is 0 Å². The number of amides is 2. The van der Waals surface area contributed by atoms with Gasteiger partial charge in [-0.25, -0.2) is 8.78 Å². The molecule has 0 bridgehead atoms. The van der Waals surface area contributed by atoms with Crippen LogP contribution in [-0.2, 0) is 4.79 Å². The molecular formula is C21H20F2N2O3. The van der Waals surface area contributed by atoms with Crippen LogP contribution in [0.25, 0.3) is 0 Å². The number of benzene rings is 2. The number of rotatable bonds is 2. The van der Waals surface area contributed by atoms with E-state index in [1.807, 2.05) is 0 Å². The van der Waals surface area contributed by atoms with Crippen molar-refractivity contribution >= 4 is 11.8 Å². The van der Waals surface area contributed by atoms with Crippen molar-refractivity contribution in [3.8, 4) is 5.75 Å². The average Bonchev–Trinajstić information content (AvgIpc) is 3.21. The number of halogens is 2. The summed E-state index contributed by atoms with van der Waals surface area (Å²) in [5.41, 5.74) is 0.520. The largest absolute Gasteiger partial charge is 0.508 e. The van der Waals surface area contributed by atoms with Crippen LogP contribution in [0.4, 0.5) is 8.78 Å². The van der Waals surface area contributed by atoms with E-state index in [4.69, 9.17) is 0 Å². The zero-order valence-electron chi connectivity index (χ0n) is 15.3. The second-order valence-corrected chi connectivity index (χ2v) is 7.47. The molecule has 0 unspecified atom stereocenters. The number of carbonyl (C=O) groups is 2. The van der Waals surface area contributed by atoms with Crippen molar-refractivity contribution in [1.82, 2.24) is 9.80 Å². The number of hydrogen-bond donors (Lipinski definition) is 1. The van der Waals surface area contributed by atoms with E-state index in [0.717, 1.165) is 12.1 Å². The summed E-state index contributed by atoms with van der Waals surface area (Å²) in [6, 6.07) is 9.21. The molecule has 2 aromatic rings. The van der Waals surface area contributed by atoms with Gasteiger partial charge in [-0.3, -0.25) is 9.59 Å². The summed E-state index contributed by atoms with van der Waals surface area (Å²) in [6.45, 7) is 2.67. The van der Waals surface area contributed by atoms with E-state index in [1.165, 1.54) is 25.1 Å². The number of nitrogens with zero attached hydrogens (tertiary/aromatic N) is 2. The monoisotopic (exact) mass is 386 g/mol. The first-order valence-electron chi connectivity index (χ1n) is 9.15. The Morgan fingerprint density at radius 3 is 2.57 bits per heavy atom. The summed E-state index contributed by atoms with van der Waals surface area (Å²) in [6.07, 6.45) is 0. The third kappa shape index (κ3) is 3.10. The van der Waals surface area contributed by atoms with E-state index in [1.54, 1.807) is 21.9 Å². The standard InChI is InChI=1S/C21H20F2N2O3/c1-12(26)25-10-14-9-24(21(28)17-8-16(27)5-6-19(17)23)11-18(14)20(25)13-3-2-4-15(22)7-13/h2-8,14,18,20,27H,9-11H2,1H3/t14-,18-,20-/m1/s1. The van der Waals surface area contributed by atoms with E-state index in [0.29, 0.717) is 25.2 Å². The Morgan fingerprint density at radius 1 is 1.07 bits per heavy atom. The van der Waals surface area contributed by atoms with Crippen LogP contribution in [0.1, 0.15) is 28.9 Å². The number of carbonyl (C=O) groups excluding carboxylic acids is 2. The first-order chi connectivity index (χ1) is 13.3. The van der Waals surface area contributed by atoms with Crippen LogP contribution in [0.3, 0.4) is 0 Å². The molecule has 7 heteroatoms. The quantitative estimate of drug-likeness (QED) is 0.863. The summed E-state index contributed by atoms with van der Waals surface area (Å²) in [4.78, 5) is 28.2. The molecule has 2 aromatic carbocycles. The Hall–Kier alpha value is -2.96. The Bertz CT molecular complexity index is 949. The Morgan fingerprint density at radius 2 is 1.86 bits per heavy atom. The second kappa shape index (κ2) is 6.89. The molecule has 5 nitrogen and oxygen atoms in total. The lowest BCUT2D eigenvalue weighted by atomic mass is 9.89. The fourth-order valence-corrected chi connectivity index (χ4v) is 4.50. The SMILES string of the molecule is CC(=O)N1C[C@H]2CN(C(=O)c3cc(O)ccc3F)C[C@H]2[C@H]1c1cccc(F)c1. The van der Waals surface area contributed by atoms with E-state index in [2.05, 4.69) is 0 Å². The lowest BCUT2D eigenvalue weighted by Crippen LogP contribution is -2.36. The fourth-order valence-electron chi connectivity index (χ4n) is 4.50. The lowest BCUT2D eigenvalue weighted by Gasteiger charge is -2.29. The molecule has 0 aromatic heterocycles. The topological polar surface area (TPSA) is 60.9 Å². The zero-order chi connectivity index (χ0) is 20.0. The third-order valence-electron chi connectivity index (χ3n) is 5.73. The van der Waals surface area contributed by atoms with Gasteiger partial charge in [0.2, 0.25) is 5.91 Å². The van der Waals surface area contributed by atoms with Crippen LogP contribution in [0.2, 0.25) is 0 Å². The number of phenolic OH excluding ortho intramolecular Hbond substituents is 1.